The van der Waals surface area contributed by atoms with Crippen LogP contribution in [0, 0.1) is 0 Å². The Bertz CT molecular complexity index is 712. The molecule has 1 aromatic heterocycles. The van der Waals surface area contributed by atoms with E-state index in [1.165, 1.54) is 9.48 Å². The van der Waals surface area contributed by atoms with Gasteiger partial charge in [0.05, 0.1) is 14.8 Å². The van der Waals surface area contributed by atoms with Crippen molar-refractivity contribution in [3.05, 3.63) is 59.1 Å². The molecule has 0 amide bonds. The molecular formula is C13H9BrN4O. The van der Waals surface area contributed by atoms with Crippen LogP contribution in [0.5, 0.6) is 6.01 Å². The zero-order valence-electron chi connectivity index (χ0n) is 9.77. The van der Waals surface area contributed by atoms with Crippen LogP contribution in [0.25, 0.3) is 11.4 Å². The first-order valence-corrected chi connectivity index (χ1v) is 6.42. The van der Waals surface area contributed by atoms with Gasteiger partial charge in [0.1, 0.15) is 5.69 Å². The molecule has 5 nitrogen and oxygen atoms in total. The zero-order chi connectivity index (χ0) is 13.2. The lowest BCUT2D eigenvalue weighted by Crippen LogP contribution is -2.36. The molecule has 0 atom stereocenters. The molecule has 94 valence electrons. The highest BCUT2D eigenvalue weighted by atomic mass is 79.9. The van der Waals surface area contributed by atoms with E-state index in [1.807, 2.05) is 42.5 Å². The van der Waals surface area contributed by atoms with E-state index in [9.17, 15) is 5.11 Å². The van der Waals surface area contributed by atoms with Gasteiger partial charge in [0.25, 0.3) is 6.01 Å². The Kier molecular flexibility index (Phi) is 3.00. The van der Waals surface area contributed by atoms with Gasteiger partial charge in [-0.3, -0.25) is 0 Å². The van der Waals surface area contributed by atoms with Crippen LogP contribution in [0.15, 0.2) is 59.1 Å². The van der Waals surface area contributed by atoms with Gasteiger partial charge in [-0.15, -0.1) is 4.68 Å². The van der Waals surface area contributed by atoms with E-state index in [0.29, 0.717) is 11.4 Å². The van der Waals surface area contributed by atoms with Crippen LogP contribution in [-0.2, 0) is 0 Å². The molecule has 0 N–H and O–H groups in total. The Balaban J connectivity index is 2.10. The summed E-state index contributed by atoms with van der Waals surface area (Å²) in [6.45, 7) is 0. The van der Waals surface area contributed by atoms with Gasteiger partial charge in [-0.25, -0.2) is 0 Å². The summed E-state index contributed by atoms with van der Waals surface area (Å²) in [6, 6.07) is 16.2. The number of hydrogen-bond acceptors (Lipinski definition) is 3. The first-order chi connectivity index (χ1) is 9.25. The van der Waals surface area contributed by atoms with Gasteiger partial charge < -0.3 is 5.11 Å². The number of halogens is 1. The maximum atomic E-state index is 11.9. The molecule has 0 spiro atoms. The van der Waals surface area contributed by atoms with Crippen molar-refractivity contribution in [1.82, 2.24) is 15.1 Å². The fourth-order valence-corrected chi connectivity index (χ4v) is 2.16. The molecule has 3 aromatic rings. The topological polar surface area (TPSA) is 57.7 Å². The van der Waals surface area contributed by atoms with Crippen molar-refractivity contribution in [2.24, 2.45) is 0 Å². The Morgan fingerprint density at radius 2 is 1.68 bits per heavy atom. The first kappa shape index (κ1) is 11.9. The SMILES string of the molecule is [O-]c1nn(-c2ccccc2Br)n[n+]1-c1ccccc1. The van der Waals surface area contributed by atoms with Gasteiger partial charge in [0, 0.05) is 4.80 Å². The van der Waals surface area contributed by atoms with E-state index in [-0.39, 0.29) is 0 Å². The molecule has 3 rings (SSSR count). The number of benzene rings is 2. The van der Waals surface area contributed by atoms with Gasteiger partial charge >= 0.3 is 0 Å². The van der Waals surface area contributed by atoms with E-state index in [1.54, 1.807) is 12.1 Å². The van der Waals surface area contributed by atoms with E-state index in [2.05, 4.69) is 26.2 Å². The molecule has 0 aliphatic carbocycles. The quantitative estimate of drug-likeness (QED) is 0.671. The minimum absolute atomic E-state index is 0.415. The van der Waals surface area contributed by atoms with Crippen molar-refractivity contribution in [1.29, 1.82) is 0 Å². The Morgan fingerprint density at radius 3 is 2.42 bits per heavy atom. The Hall–Kier alpha value is -2.21. The van der Waals surface area contributed by atoms with Crippen molar-refractivity contribution in [2.45, 2.75) is 0 Å². The highest BCUT2D eigenvalue weighted by Gasteiger charge is 2.17. The lowest BCUT2D eigenvalue weighted by Gasteiger charge is -1.97. The first-order valence-electron chi connectivity index (χ1n) is 5.63. The minimum Gasteiger partial charge on any atom is -0.816 e. The van der Waals surface area contributed by atoms with Crippen molar-refractivity contribution in [2.75, 3.05) is 0 Å². The van der Waals surface area contributed by atoms with Gasteiger partial charge in [-0.2, -0.15) is 0 Å². The summed E-state index contributed by atoms with van der Waals surface area (Å²) in [7, 11) is 0. The maximum Gasteiger partial charge on any atom is 0.272 e. The molecule has 1 heterocycles. The van der Waals surface area contributed by atoms with Gasteiger partial charge in [0.15, 0.2) is 5.69 Å². The monoisotopic (exact) mass is 316 g/mol. The number of hydrogen-bond donors (Lipinski definition) is 0. The summed E-state index contributed by atoms with van der Waals surface area (Å²) in [4.78, 5) is 1.32. The molecule has 0 unspecified atom stereocenters. The standard InChI is InChI=1S/C13H9BrN4O/c14-11-8-4-5-9-12(11)18-15-13(19)17(16-18)10-6-2-1-3-7-10/h1-9H. The molecule has 0 fully saturated rings. The van der Waals surface area contributed by atoms with E-state index in [0.717, 1.165) is 4.47 Å². The molecule has 6 heteroatoms. The predicted octanol–water partition coefficient (Wildman–Crippen LogP) is 1.38. The van der Waals surface area contributed by atoms with Crippen LogP contribution in [0.1, 0.15) is 0 Å². The summed E-state index contributed by atoms with van der Waals surface area (Å²) in [5.74, 6) is 0. The number of tetrazole rings is 1. The number of para-hydroxylation sites is 2. The fourth-order valence-electron chi connectivity index (χ4n) is 1.71. The number of aromatic nitrogens is 4. The Morgan fingerprint density at radius 1 is 1.00 bits per heavy atom. The predicted molar refractivity (Wildman–Crippen MR) is 70.0 cm³/mol. The van der Waals surface area contributed by atoms with Crippen LogP contribution in [0.4, 0.5) is 0 Å². The summed E-state index contributed by atoms with van der Waals surface area (Å²) >= 11 is 3.41. The third-order valence-corrected chi connectivity index (χ3v) is 3.27. The van der Waals surface area contributed by atoms with E-state index < -0.39 is 6.01 Å². The smallest absolute Gasteiger partial charge is 0.272 e. The van der Waals surface area contributed by atoms with Crippen LogP contribution in [0.2, 0.25) is 0 Å². The molecule has 2 aromatic carbocycles. The van der Waals surface area contributed by atoms with Crippen molar-refractivity contribution in [3.8, 4) is 17.4 Å². The van der Waals surface area contributed by atoms with Crippen LogP contribution >= 0.6 is 15.9 Å². The number of rotatable bonds is 2. The van der Waals surface area contributed by atoms with E-state index in [4.69, 9.17) is 0 Å². The molecule has 0 saturated heterocycles. The van der Waals surface area contributed by atoms with Crippen LogP contribution in [0.3, 0.4) is 0 Å². The normalized spacial score (nSPS) is 10.6. The minimum atomic E-state index is -0.415. The molecule has 0 saturated carbocycles. The van der Waals surface area contributed by atoms with Crippen molar-refractivity contribution in [3.63, 3.8) is 0 Å². The molecule has 0 aliphatic rings. The third-order valence-electron chi connectivity index (χ3n) is 2.60. The molecule has 19 heavy (non-hydrogen) atoms. The summed E-state index contributed by atoms with van der Waals surface area (Å²) in [5, 5.41) is 20.0. The molecule has 0 bridgehead atoms. The molecule has 0 aliphatic heterocycles. The van der Waals surface area contributed by atoms with E-state index >= 15 is 0 Å². The third kappa shape index (κ3) is 2.22. The van der Waals surface area contributed by atoms with Crippen molar-refractivity contribution < 1.29 is 9.79 Å². The second-order valence-corrected chi connectivity index (χ2v) is 4.71. The van der Waals surface area contributed by atoms with Crippen LogP contribution in [-0.4, -0.2) is 15.1 Å². The summed E-state index contributed by atoms with van der Waals surface area (Å²) < 4.78 is 2.09. The lowest BCUT2D eigenvalue weighted by molar-refractivity contribution is -0.704. The van der Waals surface area contributed by atoms with Crippen molar-refractivity contribution >= 4 is 15.9 Å². The molecule has 0 radical (unpaired) electrons. The largest absolute Gasteiger partial charge is 0.816 e. The second kappa shape index (κ2) is 4.81. The van der Waals surface area contributed by atoms with Crippen LogP contribution < -0.4 is 9.79 Å². The van der Waals surface area contributed by atoms with Gasteiger partial charge in [0.2, 0.25) is 0 Å². The second-order valence-electron chi connectivity index (χ2n) is 3.86. The fraction of sp³-hybridized carbons (Fsp3) is 0. The summed E-state index contributed by atoms with van der Waals surface area (Å²) in [6.07, 6.45) is 0. The maximum absolute atomic E-state index is 11.9. The molecular weight excluding hydrogens is 308 g/mol. The highest BCUT2D eigenvalue weighted by Crippen LogP contribution is 2.18. The van der Waals surface area contributed by atoms with Gasteiger partial charge in [-0.1, -0.05) is 30.3 Å². The lowest BCUT2D eigenvalue weighted by atomic mass is 10.3. The Labute approximate surface area is 117 Å². The summed E-state index contributed by atoms with van der Waals surface area (Å²) in [5.41, 5.74) is 1.40. The van der Waals surface area contributed by atoms with Gasteiger partial charge in [-0.05, 0) is 40.2 Å². The zero-order valence-corrected chi connectivity index (χ0v) is 11.4. The average molecular weight is 317 g/mol. The highest BCUT2D eigenvalue weighted by molar-refractivity contribution is 9.10. The average Bonchev–Trinajstić information content (AvgIpc) is 2.82. The number of nitrogens with zero attached hydrogens (tertiary/aromatic N) is 4.